The molecule has 0 saturated carbocycles. The number of hydrogen-bond donors (Lipinski definition) is 1. The first-order valence-electron chi connectivity index (χ1n) is 6.91. The minimum Gasteiger partial charge on any atom is -0.396 e. The molecule has 7 heteroatoms. The summed E-state index contributed by atoms with van der Waals surface area (Å²) in [6, 6.07) is 3.38. The molecular weight excluding hydrogens is 268 g/mol. The Morgan fingerprint density at radius 1 is 1.24 bits per heavy atom. The molecule has 0 aliphatic heterocycles. The second-order valence-electron chi connectivity index (χ2n) is 4.90. The van der Waals surface area contributed by atoms with Gasteiger partial charge >= 0.3 is 0 Å². The van der Waals surface area contributed by atoms with Gasteiger partial charge in [-0.1, -0.05) is 13.8 Å². The van der Waals surface area contributed by atoms with Crippen molar-refractivity contribution in [1.29, 1.82) is 0 Å². The molecule has 1 amide bonds. The van der Waals surface area contributed by atoms with Crippen LogP contribution >= 0.6 is 0 Å². The number of nitrogen functional groups attached to an aromatic ring is 1. The number of carbonyl (C=O) groups excluding carboxylic acids is 1. The average Bonchev–Trinajstić information content (AvgIpc) is 2.82. The van der Waals surface area contributed by atoms with E-state index < -0.39 is 0 Å². The molecule has 112 valence electrons. The van der Waals surface area contributed by atoms with Crippen LogP contribution in [0, 0.1) is 0 Å². The SMILES string of the molecule is CCc1nn(-c2ccc(C(=O)N(C)C)nn2)c(CC)c1N. The third-order valence-electron chi connectivity index (χ3n) is 3.26. The lowest BCUT2D eigenvalue weighted by Crippen LogP contribution is -2.23. The number of aryl methyl sites for hydroxylation is 1. The summed E-state index contributed by atoms with van der Waals surface area (Å²) in [4.78, 5) is 13.3. The lowest BCUT2D eigenvalue weighted by Gasteiger charge is -2.09. The molecule has 0 aliphatic carbocycles. The predicted molar refractivity (Wildman–Crippen MR) is 80.3 cm³/mol. The molecule has 0 radical (unpaired) electrons. The normalized spacial score (nSPS) is 10.7. The summed E-state index contributed by atoms with van der Waals surface area (Å²) >= 11 is 0. The summed E-state index contributed by atoms with van der Waals surface area (Å²) in [5.74, 6) is 0.382. The summed E-state index contributed by atoms with van der Waals surface area (Å²) in [6.07, 6.45) is 1.51. The minimum atomic E-state index is -0.181. The van der Waals surface area contributed by atoms with Gasteiger partial charge in [-0.2, -0.15) is 5.10 Å². The summed E-state index contributed by atoms with van der Waals surface area (Å²) in [6.45, 7) is 4.02. The Morgan fingerprint density at radius 3 is 2.43 bits per heavy atom. The number of anilines is 1. The Morgan fingerprint density at radius 2 is 1.95 bits per heavy atom. The topological polar surface area (TPSA) is 89.9 Å². The van der Waals surface area contributed by atoms with Crippen molar-refractivity contribution >= 4 is 11.6 Å². The second kappa shape index (κ2) is 5.90. The van der Waals surface area contributed by atoms with Crippen LogP contribution in [0.5, 0.6) is 0 Å². The number of amides is 1. The number of carbonyl (C=O) groups is 1. The van der Waals surface area contributed by atoms with Crippen molar-refractivity contribution in [3.05, 3.63) is 29.2 Å². The van der Waals surface area contributed by atoms with E-state index in [-0.39, 0.29) is 5.91 Å². The van der Waals surface area contributed by atoms with Gasteiger partial charge in [0.2, 0.25) is 0 Å². The maximum absolute atomic E-state index is 11.8. The van der Waals surface area contributed by atoms with Crippen LogP contribution in [-0.4, -0.2) is 44.9 Å². The highest BCUT2D eigenvalue weighted by Crippen LogP contribution is 2.21. The van der Waals surface area contributed by atoms with Crippen molar-refractivity contribution in [2.75, 3.05) is 19.8 Å². The summed E-state index contributed by atoms with van der Waals surface area (Å²) in [7, 11) is 3.35. The first-order chi connectivity index (χ1) is 9.99. The molecule has 0 spiro atoms. The monoisotopic (exact) mass is 288 g/mol. The first-order valence-corrected chi connectivity index (χ1v) is 6.91. The Balaban J connectivity index is 2.41. The fraction of sp³-hybridized carbons (Fsp3) is 0.429. The van der Waals surface area contributed by atoms with Crippen molar-refractivity contribution in [2.45, 2.75) is 26.7 Å². The molecule has 21 heavy (non-hydrogen) atoms. The number of rotatable bonds is 4. The van der Waals surface area contributed by atoms with Gasteiger partial charge < -0.3 is 10.6 Å². The van der Waals surface area contributed by atoms with E-state index in [0.29, 0.717) is 17.2 Å². The molecule has 0 aliphatic rings. The summed E-state index contributed by atoms with van der Waals surface area (Å²) in [5.41, 5.74) is 8.85. The van der Waals surface area contributed by atoms with Crippen LogP contribution in [0.25, 0.3) is 5.82 Å². The lowest BCUT2D eigenvalue weighted by molar-refractivity contribution is 0.0821. The van der Waals surface area contributed by atoms with Gasteiger partial charge in [0, 0.05) is 14.1 Å². The molecule has 2 N–H and O–H groups in total. The van der Waals surface area contributed by atoms with E-state index in [1.165, 1.54) is 4.90 Å². The molecule has 2 rings (SSSR count). The zero-order valence-electron chi connectivity index (χ0n) is 12.8. The van der Waals surface area contributed by atoms with Crippen molar-refractivity contribution in [3.63, 3.8) is 0 Å². The van der Waals surface area contributed by atoms with Gasteiger partial charge in [-0.15, -0.1) is 10.2 Å². The number of hydrogen-bond acceptors (Lipinski definition) is 5. The Kier molecular flexibility index (Phi) is 4.21. The van der Waals surface area contributed by atoms with Crippen molar-refractivity contribution in [1.82, 2.24) is 24.9 Å². The Labute approximate surface area is 123 Å². The van der Waals surface area contributed by atoms with Gasteiger partial charge in [0.05, 0.1) is 17.1 Å². The Bertz CT molecular complexity index is 644. The van der Waals surface area contributed by atoms with Crippen molar-refractivity contribution in [2.24, 2.45) is 0 Å². The van der Waals surface area contributed by atoms with Gasteiger partial charge in [0.1, 0.15) is 0 Å². The molecule has 0 bridgehead atoms. The molecule has 2 aromatic heterocycles. The molecule has 0 saturated heterocycles. The van der Waals surface area contributed by atoms with Gasteiger partial charge in [0.25, 0.3) is 5.91 Å². The van der Waals surface area contributed by atoms with Gasteiger partial charge in [-0.25, -0.2) is 4.68 Å². The molecule has 2 heterocycles. The highest BCUT2D eigenvalue weighted by molar-refractivity contribution is 5.91. The van der Waals surface area contributed by atoms with Crippen LogP contribution < -0.4 is 5.73 Å². The van der Waals surface area contributed by atoms with Crippen LogP contribution in [0.2, 0.25) is 0 Å². The number of aromatic nitrogens is 4. The fourth-order valence-electron chi connectivity index (χ4n) is 2.09. The maximum Gasteiger partial charge on any atom is 0.273 e. The van der Waals surface area contributed by atoms with E-state index in [1.807, 2.05) is 13.8 Å². The van der Waals surface area contributed by atoms with Crippen LogP contribution in [0.4, 0.5) is 5.69 Å². The largest absolute Gasteiger partial charge is 0.396 e. The minimum absolute atomic E-state index is 0.181. The Hall–Kier alpha value is -2.44. The van der Waals surface area contributed by atoms with E-state index in [0.717, 1.165) is 24.2 Å². The van der Waals surface area contributed by atoms with Crippen LogP contribution in [-0.2, 0) is 12.8 Å². The standard InChI is InChI=1S/C14H20N6O/c1-5-9-13(15)11(6-2)20(18-9)12-8-7-10(16-17-12)14(21)19(3)4/h7-8H,5-6,15H2,1-4H3. The highest BCUT2D eigenvalue weighted by atomic mass is 16.2. The zero-order chi connectivity index (χ0) is 15.6. The number of nitrogens with zero attached hydrogens (tertiary/aromatic N) is 5. The van der Waals surface area contributed by atoms with Crippen molar-refractivity contribution < 1.29 is 4.79 Å². The van der Waals surface area contributed by atoms with Crippen LogP contribution in [0.3, 0.4) is 0 Å². The summed E-state index contributed by atoms with van der Waals surface area (Å²) in [5, 5.41) is 12.5. The van der Waals surface area contributed by atoms with E-state index in [1.54, 1.807) is 30.9 Å². The van der Waals surface area contributed by atoms with Gasteiger partial charge in [-0.05, 0) is 25.0 Å². The summed E-state index contributed by atoms with van der Waals surface area (Å²) < 4.78 is 1.70. The number of nitrogens with two attached hydrogens (primary N) is 1. The second-order valence-corrected chi connectivity index (χ2v) is 4.90. The lowest BCUT2D eigenvalue weighted by atomic mass is 10.2. The quantitative estimate of drug-likeness (QED) is 0.909. The molecule has 0 atom stereocenters. The predicted octanol–water partition coefficient (Wildman–Crippen LogP) is 1.07. The zero-order valence-corrected chi connectivity index (χ0v) is 12.8. The molecule has 0 fully saturated rings. The molecule has 7 nitrogen and oxygen atoms in total. The molecule has 0 aromatic carbocycles. The van der Waals surface area contributed by atoms with E-state index >= 15 is 0 Å². The highest BCUT2D eigenvalue weighted by Gasteiger charge is 2.16. The van der Waals surface area contributed by atoms with Crippen LogP contribution in [0.1, 0.15) is 35.7 Å². The smallest absolute Gasteiger partial charge is 0.273 e. The van der Waals surface area contributed by atoms with Gasteiger partial charge in [0.15, 0.2) is 11.5 Å². The fourth-order valence-corrected chi connectivity index (χ4v) is 2.09. The molecule has 2 aromatic rings. The van der Waals surface area contributed by atoms with E-state index in [9.17, 15) is 4.79 Å². The average molecular weight is 288 g/mol. The third-order valence-corrected chi connectivity index (χ3v) is 3.26. The molecule has 0 unspecified atom stereocenters. The maximum atomic E-state index is 11.8. The first kappa shape index (κ1) is 15.0. The molecular formula is C14H20N6O. The van der Waals surface area contributed by atoms with Crippen molar-refractivity contribution in [3.8, 4) is 5.82 Å². The third kappa shape index (κ3) is 2.72. The van der Waals surface area contributed by atoms with Crippen LogP contribution in [0.15, 0.2) is 12.1 Å². The van der Waals surface area contributed by atoms with E-state index in [2.05, 4.69) is 15.3 Å². The van der Waals surface area contributed by atoms with Gasteiger partial charge in [-0.3, -0.25) is 4.79 Å². The van der Waals surface area contributed by atoms with E-state index in [4.69, 9.17) is 5.73 Å².